The van der Waals surface area contributed by atoms with Gasteiger partial charge in [-0.15, -0.1) is 0 Å². The van der Waals surface area contributed by atoms with Crippen LogP contribution in [-0.2, 0) is 23.9 Å². The standard InChI is InChI=1S/C19H15F3N2O2/c20-19(21,22)16-7-5-13(6-8-16)9-14-3-1-2-4-17(14)15-10-23-24(11-15)12-18(25)26/h1-8,10-11H,9,12H2,(H,25,26). The summed E-state index contributed by atoms with van der Waals surface area (Å²) < 4.78 is 39.3. The third kappa shape index (κ3) is 4.11. The summed E-state index contributed by atoms with van der Waals surface area (Å²) in [4.78, 5) is 10.8. The van der Waals surface area contributed by atoms with Crippen LogP contribution in [0.2, 0.25) is 0 Å². The number of hydrogen-bond acceptors (Lipinski definition) is 2. The number of carboxylic acids is 1. The van der Waals surface area contributed by atoms with E-state index in [9.17, 15) is 18.0 Å². The van der Waals surface area contributed by atoms with Gasteiger partial charge in [0.25, 0.3) is 0 Å². The van der Waals surface area contributed by atoms with Gasteiger partial charge in [0.1, 0.15) is 6.54 Å². The van der Waals surface area contributed by atoms with Crippen LogP contribution in [0.5, 0.6) is 0 Å². The van der Waals surface area contributed by atoms with Gasteiger partial charge < -0.3 is 5.11 Å². The summed E-state index contributed by atoms with van der Waals surface area (Å²) in [7, 11) is 0. The molecular formula is C19H15F3N2O2. The molecule has 4 nitrogen and oxygen atoms in total. The van der Waals surface area contributed by atoms with Gasteiger partial charge in [0.2, 0.25) is 0 Å². The Morgan fingerprint density at radius 2 is 1.77 bits per heavy atom. The molecule has 1 N–H and O–H groups in total. The molecule has 2 aromatic carbocycles. The molecule has 0 fully saturated rings. The number of halogens is 3. The lowest BCUT2D eigenvalue weighted by molar-refractivity contribution is -0.138. The predicted molar refractivity (Wildman–Crippen MR) is 89.5 cm³/mol. The maximum atomic E-state index is 12.7. The number of benzene rings is 2. The molecule has 0 radical (unpaired) electrons. The van der Waals surface area contributed by atoms with Crippen molar-refractivity contribution in [3.63, 3.8) is 0 Å². The fraction of sp³-hybridized carbons (Fsp3) is 0.158. The number of carboxylic acid groups (broad SMARTS) is 1. The van der Waals surface area contributed by atoms with Crippen LogP contribution in [0.4, 0.5) is 13.2 Å². The molecule has 1 heterocycles. The number of carbonyl (C=O) groups is 1. The second-order valence-corrected chi connectivity index (χ2v) is 5.85. The van der Waals surface area contributed by atoms with Gasteiger partial charge in [-0.05, 0) is 35.2 Å². The minimum Gasteiger partial charge on any atom is -0.480 e. The van der Waals surface area contributed by atoms with Crippen molar-refractivity contribution < 1.29 is 23.1 Å². The summed E-state index contributed by atoms with van der Waals surface area (Å²) >= 11 is 0. The Hall–Kier alpha value is -3.09. The minimum atomic E-state index is -4.35. The monoisotopic (exact) mass is 360 g/mol. The van der Waals surface area contributed by atoms with Crippen molar-refractivity contribution >= 4 is 5.97 Å². The number of rotatable bonds is 5. The molecule has 3 aromatic rings. The largest absolute Gasteiger partial charge is 0.480 e. The Balaban J connectivity index is 1.85. The van der Waals surface area contributed by atoms with Gasteiger partial charge in [-0.3, -0.25) is 9.48 Å². The summed E-state index contributed by atoms with van der Waals surface area (Å²) in [5, 5.41) is 12.9. The molecule has 134 valence electrons. The van der Waals surface area contributed by atoms with Crippen molar-refractivity contribution in [2.45, 2.75) is 19.1 Å². The first-order chi connectivity index (χ1) is 12.3. The Labute approximate surface area is 147 Å². The van der Waals surface area contributed by atoms with Gasteiger partial charge in [0, 0.05) is 11.8 Å². The summed E-state index contributed by atoms with van der Waals surface area (Å²) in [6.45, 7) is -0.235. The lowest BCUT2D eigenvalue weighted by Crippen LogP contribution is -2.08. The van der Waals surface area contributed by atoms with E-state index in [2.05, 4.69) is 5.10 Å². The van der Waals surface area contributed by atoms with Crippen molar-refractivity contribution in [3.05, 3.63) is 77.6 Å². The molecular weight excluding hydrogens is 345 g/mol. The van der Waals surface area contributed by atoms with Gasteiger partial charge >= 0.3 is 12.1 Å². The van der Waals surface area contributed by atoms with E-state index in [0.29, 0.717) is 6.42 Å². The zero-order valence-electron chi connectivity index (χ0n) is 13.6. The quantitative estimate of drug-likeness (QED) is 0.740. The summed E-state index contributed by atoms with van der Waals surface area (Å²) in [6, 6.07) is 12.5. The average Bonchev–Trinajstić information content (AvgIpc) is 3.02. The Kier molecular flexibility index (Phi) is 4.79. The summed E-state index contributed by atoms with van der Waals surface area (Å²) in [5.74, 6) is -0.988. The highest BCUT2D eigenvalue weighted by Gasteiger charge is 2.29. The van der Waals surface area contributed by atoms with Crippen LogP contribution in [0.25, 0.3) is 11.1 Å². The van der Waals surface area contributed by atoms with Crippen LogP contribution in [-0.4, -0.2) is 20.9 Å². The first-order valence-electron chi connectivity index (χ1n) is 7.81. The van der Waals surface area contributed by atoms with E-state index in [0.717, 1.165) is 34.4 Å². The maximum Gasteiger partial charge on any atom is 0.416 e. The van der Waals surface area contributed by atoms with Crippen LogP contribution < -0.4 is 0 Å². The third-order valence-electron chi connectivity index (χ3n) is 3.93. The number of nitrogens with zero attached hydrogens (tertiary/aromatic N) is 2. The van der Waals surface area contributed by atoms with Crippen LogP contribution >= 0.6 is 0 Å². The average molecular weight is 360 g/mol. The van der Waals surface area contributed by atoms with Crippen molar-refractivity contribution in [1.29, 1.82) is 0 Å². The van der Waals surface area contributed by atoms with E-state index in [1.54, 1.807) is 12.4 Å². The lowest BCUT2D eigenvalue weighted by Gasteiger charge is -2.10. The second kappa shape index (κ2) is 7.03. The van der Waals surface area contributed by atoms with E-state index >= 15 is 0 Å². The zero-order chi connectivity index (χ0) is 18.7. The van der Waals surface area contributed by atoms with Crippen LogP contribution in [0.1, 0.15) is 16.7 Å². The fourth-order valence-electron chi connectivity index (χ4n) is 2.72. The molecule has 1 aromatic heterocycles. The Morgan fingerprint density at radius 3 is 2.42 bits per heavy atom. The summed E-state index contributed by atoms with van der Waals surface area (Å²) in [6.07, 6.45) is -0.679. The highest BCUT2D eigenvalue weighted by Crippen LogP contribution is 2.30. The molecule has 0 saturated carbocycles. The molecule has 0 aliphatic rings. The molecule has 26 heavy (non-hydrogen) atoms. The zero-order valence-corrected chi connectivity index (χ0v) is 13.6. The normalized spacial score (nSPS) is 11.5. The van der Waals surface area contributed by atoms with Gasteiger partial charge in [-0.25, -0.2) is 0 Å². The molecule has 0 bridgehead atoms. The van der Waals surface area contributed by atoms with Gasteiger partial charge in [-0.2, -0.15) is 18.3 Å². The SMILES string of the molecule is O=C(O)Cn1cc(-c2ccccc2Cc2ccc(C(F)(F)F)cc2)cn1. The van der Waals surface area contributed by atoms with E-state index in [1.165, 1.54) is 16.8 Å². The second-order valence-electron chi connectivity index (χ2n) is 5.85. The number of hydrogen-bond donors (Lipinski definition) is 1. The van der Waals surface area contributed by atoms with E-state index < -0.39 is 17.7 Å². The first-order valence-corrected chi connectivity index (χ1v) is 7.81. The summed E-state index contributed by atoms with van der Waals surface area (Å²) in [5.41, 5.74) is 2.62. The molecule has 0 spiro atoms. The fourth-order valence-corrected chi connectivity index (χ4v) is 2.72. The van der Waals surface area contributed by atoms with E-state index in [1.807, 2.05) is 24.3 Å². The Morgan fingerprint density at radius 1 is 1.08 bits per heavy atom. The van der Waals surface area contributed by atoms with Gasteiger partial charge in [-0.1, -0.05) is 36.4 Å². The van der Waals surface area contributed by atoms with Gasteiger partial charge in [0.15, 0.2) is 0 Å². The molecule has 0 aliphatic carbocycles. The third-order valence-corrected chi connectivity index (χ3v) is 3.93. The van der Waals surface area contributed by atoms with E-state index in [-0.39, 0.29) is 6.54 Å². The van der Waals surface area contributed by atoms with Crippen LogP contribution in [0.15, 0.2) is 60.9 Å². The molecule has 0 unspecified atom stereocenters. The highest BCUT2D eigenvalue weighted by atomic mass is 19.4. The maximum absolute atomic E-state index is 12.7. The lowest BCUT2D eigenvalue weighted by atomic mass is 9.96. The number of alkyl halides is 3. The predicted octanol–water partition coefficient (Wildman–Crippen LogP) is 4.24. The molecule has 0 aliphatic heterocycles. The van der Waals surface area contributed by atoms with Crippen LogP contribution in [0.3, 0.4) is 0 Å². The van der Waals surface area contributed by atoms with Crippen LogP contribution in [0, 0.1) is 0 Å². The van der Waals surface area contributed by atoms with Crippen molar-refractivity contribution in [2.75, 3.05) is 0 Å². The molecule has 3 rings (SSSR count). The van der Waals surface area contributed by atoms with Gasteiger partial charge in [0.05, 0.1) is 11.8 Å². The van der Waals surface area contributed by atoms with Crippen molar-refractivity contribution in [1.82, 2.24) is 9.78 Å². The number of aromatic nitrogens is 2. The molecule has 7 heteroatoms. The molecule has 0 saturated heterocycles. The minimum absolute atomic E-state index is 0.235. The highest BCUT2D eigenvalue weighted by molar-refractivity contribution is 5.68. The van der Waals surface area contributed by atoms with Crippen molar-refractivity contribution in [2.24, 2.45) is 0 Å². The molecule has 0 atom stereocenters. The van der Waals surface area contributed by atoms with E-state index in [4.69, 9.17) is 5.11 Å². The number of aliphatic carboxylic acids is 1. The molecule has 0 amide bonds. The Bertz CT molecular complexity index is 915. The first kappa shape index (κ1) is 17.7. The van der Waals surface area contributed by atoms with Crippen molar-refractivity contribution in [3.8, 4) is 11.1 Å². The topological polar surface area (TPSA) is 55.1 Å². The smallest absolute Gasteiger partial charge is 0.416 e.